The van der Waals surface area contributed by atoms with Crippen molar-refractivity contribution < 1.29 is 23.4 Å². The zero-order chi connectivity index (χ0) is 13.1. The third-order valence-corrected chi connectivity index (χ3v) is 2.20. The largest absolute Gasteiger partial charge is 0.467 e. The molecule has 0 aromatic heterocycles. The molecule has 0 spiro atoms. The Bertz CT molecular complexity index is 421. The Kier molecular flexibility index (Phi) is 4.01. The van der Waals surface area contributed by atoms with E-state index in [1.807, 2.05) is 0 Å². The Morgan fingerprint density at radius 3 is 2.76 bits per heavy atom. The van der Waals surface area contributed by atoms with E-state index in [-0.39, 0.29) is 12.2 Å². The normalized spacial score (nSPS) is 13.9. The minimum Gasteiger partial charge on any atom is -0.467 e. The summed E-state index contributed by atoms with van der Waals surface area (Å²) in [5.41, 5.74) is -1.94. The number of nitrogens with one attached hydrogen (secondary N) is 1. The molecule has 0 aliphatic rings. The zero-order valence-corrected chi connectivity index (χ0v) is 9.46. The Labute approximate surface area is 97.2 Å². The average molecular weight is 245 g/mol. The molecule has 0 aliphatic carbocycles. The summed E-state index contributed by atoms with van der Waals surface area (Å²) in [5.74, 6) is -2.93. The molecule has 0 bridgehead atoms. The molecule has 6 heteroatoms. The quantitative estimate of drug-likeness (QED) is 0.785. The van der Waals surface area contributed by atoms with Crippen LogP contribution in [-0.4, -0.2) is 30.3 Å². The van der Waals surface area contributed by atoms with E-state index in [9.17, 15) is 18.7 Å². The van der Waals surface area contributed by atoms with Gasteiger partial charge in [-0.15, -0.1) is 0 Å². The zero-order valence-electron chi connectivity index (χ0n) is 9.46. The fraction of sp³-hybridized carbons (Fsp3) is 0.364. The number of ether oxygens (including phenoxy) is 1. The molecule has 0 amide bonds. The van der Waals surface area contributed by atoms with Crippen LogP contribution in [0.25, 0.3) is 0 Å². The second-order valence-electron chi connectivity index (χ2n) is 3.72. The number of benzene rings is 1. The number of anilines is 1. The van der Waals surface area contributed by atoms with Crippen molar-refractivity contribution in [1.29, 1.82) is 0 Å². The second-order valence-corrected chi connectivity index (χ2v) is 3.72. The number of hydrogen-bond donors (Lipinski definition) is 2. The molecule has 0 heterocycles. The maximum atomic E-state index is 13.2. The van der Waals surface area contributed by atoms with Gasteiger partial charge in [-0.2, -0.15) is 0 Å². The molecule has 0 saturated heterocycles. The molecule has 0 radical (unpaired) electrons. The summed E-state index contributed by atoms with van der Waals surface area (Å²) in [6, 6.07) is 3.58. The highest BCUT2D eigenvalue weighted by molar-refractivity contribution is 5.79. The highest BCUT2D eigenvalue weighted by Crippen LogP contribution is 2.17. The van der Waals surface area contributed by atoms with E-state index in [2.05, 4.69) is 10.1 Å². The molecular weight excluding hydrogens is 232 g/mol. The topological polar surface area (TPSA) is 58.6 Å². The van der Waals surface area contributed by atoms with Gasteiger partial charge in [-0.1, -0.05) is 6.07 Å². The summed E-state index contributed by atoms with van der Waals surface area (Å²) in [6.45, 7) is 0.920. The molecule has 0 saturated carbocycles. The van der Waals surface area contributed by atoms with Crippen molar-refractivity contribution in [2.75, 3.05) is 19.0 Å². The molecule has 1 aromatic carbocycles. The lowest BCUT2D eigenvalue weighted by Crippen LogP contribution is -2.42. The Morgan fingerprint density at radius 2 is 2.18 bits per heavy atom. The van der Waals surface area contributed by atoms with Crippen molar-refractivity contribution >= 4 is 11.7 Å². The minimum atomic E-state index is -1.81. The molecule has 1 atom stereocenters. The van der Waals surface area contributed by atoms with Crippen molar-refractivity contribution in [2.45, 2.75) is 12.5 Å². The van der Waals surface area contributed by atoms with Gasteiger partial charge in [-0.05, 0) is 19.1 Å². The lowest BCUT2D eigenvalue weighted by molar-refractivity contribution is -0.158. The molecule has 1 unspecified atom stereocenters. The van der Waals surface area contributed by atoms with Crippen LogP contribution in [0.1, 0.15) is 6.92 Å². The maximum absolute atomic E-state index is 13.2. The van der Waals surface area contributed by atoms with E-state index in [0.29, 0.717) is 0 Å². The third kappa shape index (κ3) is 3.13. The number of halogens is 2. The number of carbonyl (C=O) groups excluding carboxylic acids is 1. The van der Waals surface area contributed by atoms with E-state index < -0.39 is 23.2 Å². The predicted molar refractivity (Wildman–Crippen MR) is 57.5 cm³/mol. The van der Waals surface area contributed by atoms with Crippen LogP contribution in [0.15, 0.2) is 18.2 Å². The van der Waals surface area contributed by atoms with Crippen LogP contribution in [0.2, 0.25) is 0 Å². The summed E-state index contributed by atoms with van der Waals surface area (Å²) in [4.78, 5) is 11.1. The van der Waals surface area contributed by atoms with Crippen molar-refractivity contribution in [3.05, 3.63) is 29.8 Å². The van der Waals surface area contributed by atoms with Crippen molar-refractivity contribution in [3.8, 4) is 0 Å². The summed E-state index contributed by atoms with van der Waals surface area (Å²) in [7, 11) is 1.12. The molecule has 4 nitrogen and oxygen atoms in total. The number of aliphatic hydroxyl groups is 1. The van der Waals surface area contributed by atoms with Gasteiger partial charge >= 0.3 is 5.97 Å². The predicted octanol–water partition coefficient (Wildman–Crippen LogP) is 1.30. The first kappa shape index (κ1) is 13.4. The maximum Gasteiger partial charge on any atom is 0.339 e. The number of hydrogen-bond acceptors (Lipinski definition) is 4. The van der Waals surface area contributed by atoms with Crippen LogP contribution >= 0.6 is 0 Å². The van der Waals surface area contributed by atoms with E-state index in [1.54, 1.807) is 0 Å². The molecule has 2 N–H and O–H groups in total. The van der Waals surface area contributed by atoms with Gasteiger partial charge in [-0.3, -0.25) is 0 Å². The van der Waals surface area contributed by atoms with Gasteiger partial charge in [0.2, 0.25) is 0 Å². The van der Waals surface area contributed by atoms with Crippen LogP contribution in [0.3, 0.4) is 0 Å². The van der Waals surface area contributed by atoms with E-state index >= 15 is 0 Å². The first-order valence-electron chi connectivity index (χ1n) is 4.87. The van der Waals surface area contributed by atoms with Gasteiger partial charge in [0.15, 0.2) is 17.2 Å². The molecule has 1 rings (SSSR count). The van der Waals surface area contributed by atoms with Crippen LogP contribution in [0, 0.1) is 11.6 Å². The van der Waals surface area contributed by atoms with Crippen LogP contribution < -0.4 is 5.32 Å². The second kappa shape index (κ2) is 5.09. The third-order valence-electron chi connectivity index (χ3n) is 2.20. The first-order valence-corrected chi connectivity index (χ1v) is 4.87. The van der Waals surface area contributed by atoms with Gasteiger partial charge in [-0.25, -0.2) is 13.6 Å². The van der Waals surface area contributed by atoms with Crippen LogP contribution in [0.4, 0.5) is 14.5 Å². The summed E-state index contributed by atoms with van der Waals surface area (Å²) >= 11 is 0. The van der Waals surface area contributed by atoms with Crippen LogP contribution in [-0.2, 0) is 9.53 Å². The monoisotopic (exact) mass is 245 g/mol. The Hall–Kier alpha value is -1.69. The van der Waals surface area contributed by atoms with Crippen molar-refractivity contribution in [1.82, 2.24) is 0 Å². The van der Waals surface area contributed by atoms with Gasteiger partial charge in [0.05, 0.1) is 19.3 Å². The highest BCUT2D eigenvalue weighted by atomic mass is 19.2. The summed E-state index contributed by atoms with van der Waals surface area (Å²) < 4.78 is 30.4. The van der Waals surface area contributed by atoms with Gasteiger partial charge in [0.25, 0.3) is 0 Å². The number of rotatable bonds is 4. The minimum absolute atomic E-state index is 0.130. The van der Waals surface area contributed by atoms with E-state index in [0.717, 1.165) is 13.2 Å². The molecule has 94 valence electrons. The Morgan fingerprint density at radius 1 is 1.53 bits per heavy atom. The number of esters is 1. The van der Waals surface area contributed by atoms with Gasteiger partial charge in [0.1, 0.15) is 0 Å². The summed E-state index contributed by atoms with van der Waals surface area (Å²) in [5, 5.41) is 12.1. The number of methoxy groups -OCH3 is 1. The van der Waals surface area contributed by atoms with E-state index in [4.69, 9.17) is 0 Å². The standard InChI is InChI=1S/C11H13F2NO3/c1-11(16,10(15)17-2)6-14-8-5-3-4-7(12)9(8)13/h3-5,14,16H,6H2,1-2H3. The van der Waals surface area contributed by atoms with Crippen molar-refractivity contribution in [2.24, 2.45) is 0 Å². The fourth-order valence-corrected chi connectivity index (χ4v) is 1.20. The SMILES string of the molecule is COC(=O)C(C)(O)CNc1cccc(F)c1F. The average Bonchev–Trinajstić information content (AvgIpc) is 2.30. The molecule has 0 aliphatic heterocycles. The fourth-order valence-electron chi connectivity index (χ4n) is 1.20. The van der Waals surface area contributed by atoms with Crippen molar-refractivity contribution in [3.63, 3.8) is 0 Å². The van der Waals surface area contributed by atoms with Gasteiger partial charge in [0, 0.05) is 0 Å². The highest BCUT2D eigenvalue weighted by Gasteiger charge is 2.31. The first-order chi connectivity index (χ1) is 7.88. The van der Waals surface area contributed by atoms with Crippen LogP contribution in [0.5, 0.6) is 0 Å². The molecular formula is C11H13F2NO3. The Balaban J connectivity index is 2.74. The molecule has 1 aromatic rings. The van der Waals surface area contributed by atoms with Gasteiger partial charge < -0.3 is 15.2 Å². The lowest BCUT2D eigenvalue weighted by atomic mass is 10.1. The smallest absolute Gasteiger partial charge is 0.339 e. The lowest BCUT2D eigenvalue weighted by Gasteiger charge is -2.21. The molecule has 17 heavy (non-hydrogen) atoms. The van der Waals surface area contributed by atoms with E-state index in [1.165, 1.54) is 19.1 Å². The molecule has 0 fully saturated rings. The number of carbonyl (C=O) groups is 1. The summed E-state index contributed by atoms with van der Waals surface area (Å²) in [6.07, 6.45) is 0.